The summed E-state index contributed by atoms with van der Waals surface area (Å²) in [6.07, 6.45) is 3.02. The highest BCUT2D eigenvalue weighted by atomic mass is 19.1. The van der Waals surface area contributed by atoms with Crippen molar-refractivity contribution >= 4 is 11.7 Å². The van der Waals surface area contributed by atoms with Gasteiger partial charge in [0, 0.05) is 12.0 Å². The average Bonchev–Trinajstić information content (AvgIpc) is 2.91. The molecule has 0 aromatic carbocycles. The van der Waals surface area contributed by atoms with E-state index in [0.29, 0.717) is 17.9 Å². The van der Waals surface area contributed by atoms with Gasteiger partial charge in [-0.2, -0.15) is 4.39 Å². The number of pyridine rings is 1. The van der Waals surface area contributed by atoms with Crippen LogP contribution in [0.5, 0.6) is 0 Å². The van der Waals surface area contributed by atoms with Gasteiger partial charge in [0.25, 0.3) is 0 Å². The number of rotatable bonds is 2. The lowest BCUT2D eigenvalue weighted by Gasteiger charge is -2.30. The number of hydrogen-bond donors (Lipinski definition) is 1. The van der Waals surface area contributed by atoms with Crippen molar-refractivity contribution in [3.63, 3.8) is 0 Å². The molecule has 6 nitrogen and oxygen atoms in total. The van der Waals surface area contributed by atoms with Crippen LogP contribution in [0, 0.1) is 5.95 Å². The van der Waals surface area contributed by atoms with Gasteiger partial charge in [-0.25, -0.2) is 4.79 Å². The molecule has 1 N–H and O–H groups in total. The molecule has 0 aliphatic heterocycles. The van der Waals surface area contributed by atoms with Gasteiger partial charge in [-0.3, -0.25) is 4.40 Å². The molecule has 1 amide bonds. The van der Waals surface area contributed by atoms with Gasteiger partial charge >= 0.3 is 6.09 Å². The fourth-order valence-electron chi connectivity index (χ4n) is 3.22. The standard InChI is InChI=1S/C17H23FN4O2/c1-17(2,3)24-16(23)19-12-7-4-6-11(10-12)15-21-20-14-9-5-8-13(18)22(14)15/h5,8-9,11-12H,4,6-7,10H2,1-3H3,(H,19,23)/t11-,12+/m0/s1. The van der Waals surface area contributed by atoms with E-state index in [-0.39, 0.29) is 17.9 Å². The predicted octanol–water partition coefficient (Wildman–Crippen LogP) is 3.42. The summed E-state index contributed by atoms with van der Waals surface area (Å²) >= 11 is 0. The second-order valence-electron chi connectivity index (χ2n) is 7.31. The number of aromatic nitrogens is 3. The molecule has 2 aromatic rings. The largest absolute Gasteiger partial charge is 0.444 e. The van der Waals surface area contributed by atoms with Crippen LogP contribution in [0.25, 0.3) is 5.65 Å². The van der Waals surface area contributed by atoms with E-state index in [1.54, 1.807) is 12.1 Å². The molecule has 0 saturated heterocycles. The number of nitrogens with one attached hydrogen (secondary N) is 1. The minimum atomic E-state index is -0.523. The Bertz CT molecular complexity index is 738. The van der Waals surface area contributed by atoms with Crippen molar-refractivity contribution in [2.24, 2.45) is 0 Å². The maximum Gasteiger partial charge on any atom is 0.407 e. The second-order valence-corrected chi connectivity index (χ2v) is 7.31. The normalized spacial score (nSPS) is 21.7. The van der Waals surface area contributed by atoms with Crippen molar-refractivity contribution in [3.8, 4) is 0 Å². The number of alkyl carbamates (subject to hydrolysis) is 1. The minimum Gasteiger partial charge on any atom is -0.444 e. The third-order valence-electron chi connectivity index (χ3n) is 4.17. The van der Waals surface area contributed by atoms with Gasteiger partial charge < -0.3 is 10.1 Å². The molecular weight excluding hydrogens is 311 g/mol. The molecule has 0 radical (unpaired) electrons. The van der Waals surface area contributed by atoms with Crippen LogP contribution >= 0.6 is 0 Å². The first kappa shape index (κ1) is 16.7. The zero-order chi connectivity index (χ0) is 17.3. The van der Waals surface area contributed by atoms with Gasteiger partial charge in [-0.1, -0.05) is 12.5 Å². The van der Waals surface area contributed by atoms with Gasteiger partial charge in [0.05, 0.1) is 0 Å². The van der Waals surface area contributed by atoms with E-state index < -0.39 is 11.7 Å². The van der Waals surface area contributed by atoms with E-state index in [4.69, 9.17) is 4.74 Å². The maximum atomic E-state index is 14.1. The summed E-state index contributed by atoms with van der Waals surface area (Å²) < 4.78 is 20.9. The van der Waals surface area contributed by atoms with Crippen molar-refractivity contribution in [1.82, 2.24) is 19.9 Å². The lowest BCUT2D eigenvalue weighted by molar-refractivity contribution is 0.0490. The van der Waals surface area contributed by atoms with E-state index in [0.717, 1.165) is 19.3 Å². The van der Waals surface area contributed by atoms with Gasteiger partial charge in [0.1, 0.15) is 11.4 Å². The van der Waals surface area contributed by atoms with Gasteiger partial charge in [-0.05, 0) is 52.2 Å². The van der Waals surface area contributed by atoms with Crippen LogP contribution in [0.3, 0.4) is 0 Å². The number of halogens is 1. The Morgan fingerprint density at radius 2 is 2.12 bits per heavy atom. The van der Waals surface area contributed by atoms with Crippen LogP contribution in [0.2, 0.25) is 0 Å². The highest BCUT2D eigenvalue weighted by molar-refractivity contribution is 5.68. The first-order valence-electron chi connectivity index (χ1n) is 8.32. The first-order chi connectivity index (χ1) is 11.3. The van der Waals surface area contributed by atoms with Crippen LogP contribution in [0.15, 0.2) is 18.2 Å². The molecule has 1 aliphatic carbocycles. The molecular formula is C17H23FN4O2. The summed E-state index contributed by atoms with van der Waals surface area (Å²) in [6.45, 7) is 5.50. The van der Waals surface area contributed by atoms with Gasteiger partial charge in [0.2, 0.25) is 5.95 Å². The second kappa shape index (κ2) is 6.37. The zero-order valence-electron chi connectivity index (χ0n) is 14.3. The fraction of sp³-hybridized carbons (Fsp3) is 0.588. The summed E-state index contributed by atoms with van der Waals surface area (Å²) in [5, 5.41) is 11.1. The summed E-state index contributed by atoms with van der Waals surface area (Å²) in [5.74, 6) is 0.319. The number of amides is 1. The number of carbonyl (C=O) groups is 1. The Morgan fingerprint density at radius 3 is 2.88 bits per heavy atom. The predicted molar refractivity (Wildman–Crippen MR) is 87.3 cm³/mol. The Labute approximate surface area is 140 Å². The highest BCUT2D eigenvalue weighted by Crippen LogP contribution is 2.32. The van der Waals surface area contributed by atoms with Crippen LogP contribution in [0.1, 0.15) is 58.2 Å². The smallest absolute Gasteiger partial charge is 0.407 e. The van der Waals surface area contributed by atoms with E-state index in [1.807, 2.05) is 20.8 Å². The molecule has 130 valence electrons. The van der Waals surface area contributed by atoms with Crippen molar-refractivity contribution in [2.45, 2.75) is 64.0 Å². The topological polar surface area (TPSA) is 68.5 Å². The summed E-state index contributed by atoms with van der Waals surface area (Å²) in [6, 6.07) is 4.76. The number of fused-ring (bicyclic) bond motifs is 1. The van der Waals surface area contributed by atoms with Crippen LogP contribution in [0.4, 0.5) is 9.18 Å². The van der Waals surface area contributed by atoms with Crippen molar-refractivity contribution in [3.05, 3.63) is 30.0 Å². The molecule has 24 heavy (non-hydrogen) atoms. The Morgan fingerprint density at radius 1 is 1.33 bits per heavy atom. The van der Waals surface area contributed by atoms with Crippen molar-refractivity contribution < 1.29 is 13.9 Å². The number of hydrogen-bond acceptors (Lipinski definition) is 4. The minimum absolute atomic E-state index is 0.00211. The molecule has 2 aromatic heterocycles. The maximum absolute atomic E-state index is 14.1. The molecule has 1 fully saturated rings. The van der Waals surface area contributed by atoms with Crippen LogP contribution in [-0.2, 0) is 4.74 Å². The van der Waals surface area contributed by atoms with Crippen molar-refractivity contribution in [2.75, 3.05) is 0 Å². The average molecular weight is 334 g/mol. The third kappa shape index (κ3) is 3.66. The Kier molecular flexibility index (Phi) is 4.43. The summed E-state index contributed by atoms with van der Waals surface area (Å²) in [4.78, 5) is 12.0. The number of carbonyl (C=O) groups excluding carboxylic acids is 1. The molecule has 0 bridgehead atoms. The lowest BCUT2D eigenvalue weighted by atomic mass is 9.85. The molecule has 0 spiro atoms. The quantitative estimate of drug-likeness (QED) is 0.855. The third-order valence-corrected chi connectivity index (χ3v) is 4.17. The van der Waals surface area contributed by atoms with Gasteiger partial charge in [-0.15, -0.1) is 10.2 Å². The monoisotopic (exact) mass is 334 g/mol. The first-order valence-corrected chi connectivity index (χ1v) is 8.32. The SMILES string of the molecule is CC(C)(C)OC(=O)N[C@@H]1CCC[C@H](c2nnc3cccc(F)n23)C1. The summed E-state index contributed by atoms with van der Waals surface area (Å²) in [5.41, 5.74) is -0.0166. The van der Waals surface area contributed by atoms with Crippen LogP contribution in [-0.4, -0.2) is 32.3 Å². The van der Waals surface area contributed by atoms with Gasteiger partial charge in [0.15, 0.2) is 5.65 Å². The number of ether oxygens (including phenoxy) is 1. The molecule has 3 rings (SSSR count). The molecule has 0 unspecified atom stereocenters. The molecule has 1 aliphatic rings. The zero-order valence-corrected chi connectivity index (χ0v) is 14.3. The molecule has 7 heteroatoms. The van der Waals surface area contributed by atoms with Crippen LogP contribution < -0.4 is 5.32 Å². The highest BCUT2D eigenvalue weighted by Gasteiger charge is 2.29. The van der Waals surface area contributed by atoms with E-state index in [1.165, 1.54) is 10.5 Å². The fourth-order valence-corrected chi connectivity index (χ4v) is 3.22. The molecule has 2 heterocycles. The Hall–Kier alpha value is -2.18. The number of nitrogens with zero attached hydrogens (tertiary/aromatic N) is 3. The van der Waals surface area contributed by atoms with E-state index in [9.17, 15) is 9.18 Å². The van der Waals surface area contributed by atoms with E-state index in [2.05, 4.69) is 15.5 Å². The lowest BCUT2D eigenvalue weighted by Crippen LogP contribution is -2.41. The molecule has 1 saturated carbocycles. The van der Waals surface area contributed by atoms with E-state index >= 15 is 0 Å². The van der Waals surface area contributed by atoms with Crippen molar-refractivity contribution in [1.29, 1.82) is 0 Å². The Balaban J connectivity index is 1.72. The summed E-state index contributed by atoms with van der Waals surface area (Å²) in [7, 11) is 0. The molecule has 2 atom stereocenters.